The molecular formula is C14H22N4OS. The van der Waals surface area contributed by atoms with Gasteiger partial charge in [0, 0.05) is 19.7 Å². The van der Waals surface area contributed by atoms with Gasteiger partial charge in [-0.05, 0) is 19.1 Å². The third kappa shape index (κ3) is 2.72. The number of ether oxygens (including phenoxy) is 1. The SMILES string of the molecule is CNc1cc(N2CCOC3CCCCC32)nc(SC)n1. The Morgan fingerprint density at radius 1 is 1.35 bits per heavy atom. The van der Waals surface area contributed by atoms with Gasteiger partial charge in [-0.3, -0.25) is 0 Å². The van der Waals surface area contributed by atoms with Gasteiger partial charge in [0.25, 0.3) is 0 Å². The summed E-state index contributed by atoms with van der Waals surface area (Å²) in [4.78, 5) is 11.6. The maximum Gasteiger partial charge on any atom is 0.191 e. The zero-order valence-electron chi connectivity index (χ0n) is 12.1. The molecule has 3 rings (SSSR count). The van der Waals surface area contributed by atoms with Crippen LogP contribution < -0.4 is 10.2 Å². The number of rotatable bonds is 3. The molecule has 2 aliphatic rings. The van der Waals surface area contributed by atoms with E-state index in [1.807, 2.05) is 13.3 Å². The van der Waals surface area contributed by atoms with Gasteiger partial charge in [-0.15, -0.1) is 0 Å². The third-order valence-electron chi connectivity index (χ3n) is 4.16. The highest BCUT2D eigenvalue weighted by atomic mass is 32.2. The van der Waals surface area contributed by atoms with Crippen LogP contribution in [-0.2, 0) is 4.74 Å². The average molecular weight is 294 g/mol. The molecule has 5 nitrogen and oxygen atoms in total. The molecule has 110 valence electrons. The Morgan fingerprint density at radius 3 is 3.00 bits per heavy atom. The Hall–Kier alpha value is -1.01. The Labute approximate surface area is 124 Å². The van der Waals surface area contributed by atoms with Crippen LogP contribution in [0.25, 0.3) is 0 Å². The minimum absolute atomic E-state index is 0.378. The molecule has 1 saturated heterocycles. The third-order valence-corrected chi connectivity index (χ3v) is 4.70. The molecule has 1 aromatic heterocycles. The van der Waals surface area contributed by atoms with Crippen LogP contribution in [0.1, 0.15) is 25.7 Å². The molecule has 2 atom stereocenters. The molecule has 0 aromatic carbocycles. The van der Waals surface area contributed by atoms with Crippen molar-refractivity contribution in [2.75, 3.05) is 36.7 Å². The Bertz CT molecular complexity index is 446. The standard InChI is InChI=1S/C14H22N4OS/c1-15-12-9-13(17-14(16-12)20-2)18-7-8-19-11-6-4-3-5-10(11)18/h9-11H,3-8H2,1-2H3,(H,15,16,17). The normalized spacial score (nSPS) is 26.2. The highest BCUT2D eigenvalue weighted by Gasteiger charge is 2.35. The Morgan fingerprint density at radius 2 is 2.20 bits per heavy atom. The first-order valence-electron chi connectivity index (χ1n) is 7.31. The number of thioether (sulfide) groups is 1. The molecule has 1 saturated carbocycles. The predicted molar refractivity (Wildman–Crippen MR) is 82.7 cm³/mol. The molecule has 1 aromatic rings. The summed E-state index contributed by atoms with van der Waals surface area (Å²) in [5.74, 6) is 1.92. The van der Waals surface area contributed by atoms with Crippen LogP contribution in [0.5, 0.6) is 0 Å². The molecule has 1 aliphatic heterocycles. The molecule has 0 amide bonds. The van der Waals surface area contributed by atoms with Gasteiger partial charge < -0.3 is 15.0 Å². The lowest BCUT2D eigenvalue weighted by molar-refractivity contribution is -0.00903. The lowest BCUT2D eigenvalue weighted by Gasteiger charge is -2.44. The highest BCUT2D eigenvalue weighted by molar-refractivity contribution is 7.98. The number of morpholine rings is 1. The number of aromatic nitrogens is 2. The van der Waals surface area contributed by atoms with Crippen LogP contribution in [0.15, 0.2) is 11.2 Å². The maximum atomic E-state index is 5.94. The van der Waals surface area contributed by atoms with Gasteiger partial charge in [0.1, 0.15) is 11.6 Å². The summed E-state index contributed by atoms with van der Waals surface area (Å²) in [5.41, 5.74) is 0. The largest absolute Gasteiger partial charge is 0.374 e. The summed E-state index contributed by atoms with van der Waals surface area (Å²) < 4.78 is 5.94. The first-order chi connectivity index (χ1) is 9.81. The van der Waals surface area contributed by atoms with Gasteiger partial charge in [-0.25, -0.2) is 9.97 Å². The van der Waals surface area contributed by atoms with E-state index in [9.17, 15) is 0 Å². The molecule has 6 heteroatoms. The van der Waals surface area contributed by atoms with Crippen LogP contribution >= 0.6 is 11.8 Å². The molecule has 2 unspecified atom stereocenters. The van der Waals surface area contributed by atoms with Crippen LogP contribution in [0.4, 0.5) is 11.6 Å². The van der Waals surface area contributed by atoms with E-state index in [4.69, 9.17) is 9.72 Å². The Kier molecular flexibility index (Phi) is 4.31. The fourth-order valence-electron chi connectivity index (χ4n) is 3.16. The summed E-state index contributed by atoms with van der Waals surface area (Å²) in [6.07, 6.45) is 7.36. The quantitative estimate of drug-likeness (QED) is 0.682. The minimum atomic E-state index is 0.378. The van der Waals surface area contributed by atoms with Crippen molar-refractivity contribution in [3.63, 3.8) is 0 Å². The molecule has 0 spiro atoms. The van der Waals surface area contributed by atoms with Crippen molar-refractivity contribution in [1.82, 2.24) is 9.97 Å². The fourth-order valence-corrected chi connectivity index (χ4v) is 3.53. The number of fused-ring (bicyclic) bond motifs is 1. The Balaban J connectivity index is 1.90. The monoisotopic (exact) mass is 294 g/mol. The van der Waals surface area contributed by atoms with Crippen molar-refractivity contribution in [2.45, 2.75) is 43.0 Å². The summed E-state index contributed by atoms with van der Waals surface area (Å²) >= 11 is 1.59. The van der Waals surface area contributed by atoms with Gasteiger partial charge in [0.15, 0.2) is 5.16 Å². The number of anilines is 2. The van der Waals surface area contributed by atoms with Crippen LogP contribution in [0, 0.1) is 0 Å². The molecule has 2 fully saturated rings. The van der Waals surface area contributed by atoms with E-state index in [2.05, 4.69) is 21.3 Å². The topological polar surface area (TPSA) is 50.3 Å². The maximum absolute atomic E-state index is 5.94. The zero-order valence-corrected chi connectivity index (χ0v) is 12.9. The first-order valence-corrected chi connectivity index (χ1v) is 8.53. The van der Waals surface area contributed by atoms with Crippen molar-refractivity contribution in [3.05, 3.63) is 6.07 Å². The van der Waals surface area contributed by atoms with E-state index >= 15 is 0 Å². The lowest BCUT2D eigenvalue weighted by atomic mass is 9.90. The lowest BCUT2D eigenvalue weighted by Crippen LogP contribution is -2.53. The van der Waals surface area contributed by atoms with E-state index in [1.54, 1.807) is 11.8 Å². The molecular weight excluding hydrogens is 272 g/mol. The van der Waals surface area contributed by atoms with Crippen LogP contribution in [0.2, 0.25) is 0 Å². The summed E-state index contributed by atoms with van der Waals surface area (Å²) in [5, 5.41) is 3.96. The van der Waals surface area contributed by atoms with Gasteiger partial charge in [-0.2, -0.15) is 0 Å². The van der Waals surface area contributed by atoms with Crippen molar-refractivity contribution in [3.8, 4) is 0 Å². The van der Waals surface area contributed by atoms with Crippen molar-refractivity contribution >= 4 is 23.4 Å². The summed E-state index contributed by atoms with van der Waals surface area (Å²) in [6.45, 7) is 1.73. The van der Waals surface area contributed by atoms with Crippen molar-refractivity contribution < 1.29 is 4.74 Å². The zero-order chi connectivity index (χ0) is 13.9. The van der Waals surface area contributed by atoms with E-state index in [-0.39, 0.29) is 0 Å². The van der Waals surface area contributed by atoms with Crippen LogP contribution in [-0.4, -0.2) is 48.6 Å². The molecule has 0 radical (unpaired) electrons. The van der Waals surface area contributed by atoms with Crippen LogP contribution in [0.3, 0.4) is 0 Å². The van der Waals surface area contributed by atoms with Gasteiger partial charge in [-0.1, -0.05) is 24.6 Å². The van der Waals surface area contributed by atoms with E-state index in [0.717, 1.165) is 29.9 Å². The number of nitrogens with zero attached hydrogens (tertiary/aromatic N) is 3. The first kappa shape index (κ1) is 13.9. The predicted octanol–water partition coefficient (Wildman–Crippen LogP) is 2.39. The number of hydrogen-bond acceptors (Lipinski definition) is 6. The minimum Gasteiger partial charge on any atom is -0.374 e. The second-order valence-corrected chi connectivity index (χ2v) is 6.08. The second kappa shape index (κ2) is 6.18. The number of hydrogen-bond donors (Lipinski definition) is 1. The van der Waals surface area contributed by atoms with Crippen molar-refractivity contribution in [2.24, 2.45) is 0 Å². The average Bonchev–Trinajstić information content (AvgIpc) is 2.53. The van der Waals surface area contributed by atoms with E-state index in [0.29, 0.717) is 12.1 Å². The van der Waals surface area contributed by atoms with Gasteiger partial charge in [0.2, 0.25) is 0 Å². The smallest absolute Gasteiger partial charge is 0.191 e. The van der Waals surface area contributed by atoms with Gasteiger partial charge in [0.05, 0.1) is 18.8 Å². The molecule has 2 heterocycles. The van der Waals surface area contributed by atoms with E-state index in [1.165, 1.54) is 25.7 Å². The molecule has 1 N–H and O–H groups in total. The summed E-state index contributed by atoms with van der Waals surface area (Å²) in [6, 6.07) is 2.53. The summed E-state index contributed by atoms with van der Waals surface area (Å²) in [7, 11) is 1.90. The molecule has 0 bridgehead atoms. The fraction of sp³-hybridized carbons (Fsp3) is 0.714. The van der Waals surface area contributed by atoms with E-state index < -0.39 is 0 Å². The van der Waals surface area contributed by atoms with Gasteiger partial charge >= 0.3 is 0 Å². The second-order valence-electron chi connectivity index (χ2n) is 5.30. The molecule has 1 aliphatic carbocycles. The molecule has 20 heavy (non-hydrogen) atoms. The van der Waals surface area contributed by atoms with Crippen molar-refractivity contribution in [1.29, 1.82) is 0 Å². The highest BCUT2D eigenvalue weighted by Crippen LogP contribution is 2.32. The number of nitrogens with one attached hydrogen (secondary N) is 1.